The summed E-state index contributed by atoms with van der Waals surface area (Å²) >= 11 is 0. The van der Waals surface area contributed by atoms with Gasteiger partial charge in [-0.2, -0.15) is 5.10 Å². The smallest absolute Gasteiger partial charge is 0.0952 e. The zero-order valence-electron chi connectivity index (χ0n) is 6.63. The van der Waals surface area contributed by atoms with E-state index in [9.17, 15) is 0 Å². The Bertz CT molecular complexity index is 387. The summed E-state index contributed by atoms with van der Waals surface area (Å²) in [7, 11) is 1.93. The van der Waals surface area contributed by atoms with E-state index in [-0.39, 0.29) is 0 Å². The number of rotatable bonds is 0. The molecular weight excluding hydrogens is 136 g/mol. The van der Waals surface area contributed by atoms with E-state index in [1.54, 1.807) is 0 Å². The lowest BCUT2D eigenvalue weighted by atomic mass is 10.2. The highest BCUT2D eigenvalue weighted by atomic mass is 15.2. The average molecular weight is 145 g/mol. The van der Waals surface area contributed by atoms with Crippen LogP contribution < -0.4 is 0 Å². The minimum atomic E-state index is 1.08. The summed E-state index contributed by atoms with van der Waals surface area (Å²) in [5.41, 5.74) is 2.26. The van der Waals surface area contributed by atoms with Crippen LogP contribution in [0.15, 0.2) is 18.3 Å². The SMILES string of the molecule is Cc1c[c]cc2cn(C)nc12. The number of aromatic nitrogens is 2. The van der Waals surface area contributed by atoms with Crippen LogP contribution in [0.2, 0.25) is 0 Å². The van der Waals surface area contributed by atoms with Crippen molar-refractivity contribution in [1.29, 1.82) is 0 Å². The van der Waals surface area contributed by atoms with E-state index in [0.717, 1.165) is 10.9 Å². The molecule has 1 aromatic heterocycles. The van der Waals surface area contributed by atoms with Gasteiger partial charge >= 0.3 is 0 Å². The van der Waals surface area contributed by atoms with Gasteiger partial charge in [0.25, 0.3) is 0 Å². The van der Waals surface area contributed by atoms with Crippen LogP contribution in [-0.2, 0) is 7.05 Å². The molecule has 1 heterocycles. The van der Waals surface area contributed by atoms with E-state index < -0.39 is 0 Å². The van der Waals surface area contributed by atoms with Gasteiger partial charge in [-0.15, -0.1) is 0 Å². The Labute approximate surface area is 65.5 Å². The fourth-order valence-electron chi connectivity index (χ4n) is 1.24. The summed E-state index contributed by atoms with van der Waals surface area (Å²) in [5, 5.41) is 5.47. The largest absolute Gasteiger partial charge is 0.275 e. The highest BCUT2D eigenvalue weighted by molar-refractivity contribution is 5.80. The molecule has 11 heavy (non-hydrogen) atoms. The molecule has 0 saturated carbocycles. The summed E-state index contributed by atoms with van der Waals surface area (Å²) in [4.78, 5) is 0. The molecule has 0 atom stereocenters. The number of hydrogen-bond acceptors (Lipinski definition) is 1. The van der Waals surface area contributed by atoms with E-state index >= 15 is 0 Å². The molecule has 2 nitrogen and oxygen atoms in total. The lowest BCUT2D eigenvalue weighted by molar-refractivity contribution is 0.779. The van der Waals surface area contributed by atoms with Gasteiger partial charge in [-0.05, 0) is 30.7 Å². The summed E-state index contributed by atoms with van der Waals surface area (Å²) in [6.45, 7) is 2.05. The predicted molar refractivity (Wildman–Crippen MR) is 44.3 cm³/mol. The normalized spacial score (nSPS) is 10.7. The van der Waals surface area contributed by atoms with Crippen molar-refractivity contribution >= 4 is 10.9 Å². The molecule has 0 bridgehead atoms. The van der Waals surface area contributed by atoms with E-state index in [1.807, 2.05) is 37.0 Å². The van der Waals surface area contributed by atoms with Crippen molar-refractivity contribution in [2.45, 2.75) is 6.92 Å². The van der Waals surface area contributed by atoms with Crippen LogP contribution in [-0.4, -0.2) is 9.78 Å². The molecule has 0 aliphatic carbocycles. The lowest BCUT2D eigenvalue weighted by Crippen LogP contribution is -1.85. The number of hydrogen-bond donors (Lipinski definition) is 0. The Balaban J connectivity index is 2.90. The first kappa shape index (κ1) is 6.40. The maximum Gasteiger partial charge on any atom is 0.0952 e. The Morgan fingerprint density at radius 1 is 1.45 bits per heavy atom. The Kier molecular flexibility index (Phi) is 1.22. The second kappa shape index (κ2) is 2.09. The van der Waals surface area contributed by atoms with Gasteiger partial charge in [-0.1, -0.05) is 0 Å². The van der Waals surface area contributed by atoms with Gasteiger partial charge in [0.1, 0.15) is 0 Å². The molecule has 1 aromatic carbocycles. The van der Waals surface area contributed by atoms with E-state index in [1.165, 1.54) is 5.56 Å². The van der Waals surface area contributed by atoms with Crippen molar-refractivity contribution in [2.24, 2.45) is 7.05 Å². The first-order valence-corrected chi connectivity index (χ1v) is 3.57. The third kappa shape index (κ3) is 0.909. The van der Waals surface area contributed by atoms with Crippen LogP contribution in [0.25, 0.3) is 10.9 Å². The molecule has 1 radical (unpaired) electrons. The maximum absolute atomic E-state index is 4.31. The molecule has 0 saturated heterocycles. The van der Waals surface area contributed by atoms with Crippen molar-refractivity contribution in [3.8, 4) is 0 Å². The van der Waals surface area contributed by atoms with Crippen molar-refractivity contribution in [3.05, 3.63) is 30.0 Å². The lowest BCUT2D eigenvalue weighted by Gasteiger charge is -1.89. The number of nitrogens with zero attached hydrogens (tertiary/aromatic N) is 2. The molecular formula is C9H9N2. The molecule has 0 aliphatic heterocycles. The van der Waals surface area contributed by atoms with Gasteiger partial charge < -0.3 is 0 Å². The van der Waals surface area contributed by atoms with Crippen molar-refractivity contribution in [3.63, 3.8) is 0 Å². The molecule has 2 rings (SSSR count). The van der Waals surface area contributed by atoms with E-state index in [0.29, 0.717) is 0 Å². The first-order chi connectivity index (χ1) is 5.27. The monoisotopic (exact) mass is 145 g/mol. The molecule has 2 aromatic rings. The van der Waals surface area contributed by atoms with E-state index in [2.05, 4.69) is 11.2 Å². The van der Waals surface area contributed by atoms with Gasteiger partial charge in [0.15, 0.2) is 0 Å². The second-order valence-corrected chi connectivity index (χ2v) is 2.75. The minimum absolute atomic E-state index is 1.08. The molecule has 0 amide bonds. The van der Waals surface area contributed by atoms with Gasteiger partial charge in [0, 0.05) is 18.6 Å². The van der Waals surface area contributed by atoms with Crippen LogP contribution in [0.4, 0.5) is 0 Å². The first-order valence-electron chi connectivity index (χ1n) is 3.57. The van der Waals surface area contributed by atoms with Gasteiger partial charge in [-0.25, -0.2) is 0 Å². The van der Waals surface area contributed by atoms with Crippen LogP contribution in [0, 0.1) is 13.0 Å². The molecule has 2 heteroatoms. The molecule has 0 aliphatic rings. The summed E-state index contributed by atoms with van der Waals surface area (Å²) in [5.74, 6) is 0. The molecule has 55 valence electrons. The average Bonchev–Trinajstić information content (AvgIpc) is 2.31. The topological polar surface area (TPSA) is 17.8 Å². The zero-order valence-corrected chi connectivity index (χ0v) is 6.63. The summed E-state index contributed by atoms with van der Waals surface area (Å²) in [6.07, 6.45) is 2.00. The van der Waals surface area contributed by atoms with Gasteiger partial charge in [0.05, 0.1) is 5.52 Å². The number of fused-ring (bicyclic) bond motifs is 1. The fourth-order valence-corrected chi connectivity index (χ4v) is 1.24. The second-order valence-electron chi connectivity index (χ2n) is 2.75. The number of benzene rings is 1. The van der Waals surface area contributed by atoms with E-state index in [4.69, 9.17) is 0 Å². The van der Waals surface area contributed by atoms with Crippen LogP contribution in [0.5, 0.6) is 0 Å². The van der Waals surface area contributed by atoms with Crippen LogP contribution in [0.3, 0.4) is 0 Å². The fraction of sp³-hybridized carbons (Fsp3) is 0.222. The highest BCUT2D eigenvalue weighted by Crippen LogP contribution is 2.14. The van der Waals surface area contributed by atoms with Crippen LogP contribution >= 0.6 is 0 Å². The van der Waals surface area contributed by atoms with Crippen molar-refractivity contribution in [1.82, 2.24) is 9.78 Å². The highest BCUT2D eigenvalue weighted by Gasteiger charge is 1.98. The Hall–Kier alpha value is -1.31. The molecule has 0 unspecified atom stereocenters. The molecule has 0 spiro atoms. The Morgan fingerprint density at radius 3 is 3.00 bits per heavy atom. The maximum atomic E-state index is 4.31. The van der Waals surface area contributed by atoms with Crippen LogP contribution in [0.1, 0.15) is 5.56 Å². The predicted octanol–water partition coefficient (Wildman–Crippen LogP) is 1.68. The summed E-state index contributed by atoms with van der Waals surface area (Å²) < 4.78 is 1.82. The van der Waals surface area contributed by atoms with Gasteiger partial charge in [0.2, 0.25) is 0 Å². The summed E-state index contributed by atoms with van der Waals surface area (Å²) in [6, 6.07) is 6.97. The molecule has 0 fully saturated rings. The standard InChI is InChI=1S/C9H9N2/c1-7-4-3-5-8-6-11(2)10-9(7)8/h4-6H,1-2H3. The number of aryl methyl sites for hydroxylation is 2. The molecule has 0 N–H and O–H groups in total. The third-order valence-electron chi connectivity index (χ3n) is 1.77. The quantitative estimate of drug-likeness (QED) is 0.551. The Morgan fingerprint density at radius 2 is 2.27 bits per heavy atom. The van der Waals surface area contributed by atoms with Gasteiger partial charge in [-0.3, -0.25) is 4.68 Å². The van der Waals surface area contributed by atoms with Crippen molar-refractivity contribution in [2.75, 3.05) is 0 Å². The minimum Gasteiger partial charge on any atom is -0.275 e. The van der Waals surface area contributed by atoms with Crippen molar-refractivity contribution < 1.29 is 0 Å². The zero-order chi connectivity index (χ0) is 7.84. The third-order valence-corrected chi connectivity index (χ3v) is 1.77.